The van der Waals surface area contributed by atoms with Crippen molar-refractivity contribution in [1.29, 1.82) is 0 Å². The Labute approximate surface area is 104 Å². The van der Waals surface area contributed by atoms with Crippen molar-refractivity contribution in [3.05, 3.63) is 24.0 Å². The van der Waals surface area contributed by atoms with Crippen molar-refractivity contribution in [2.45, 2.75) is 12.5 Å². The molecule has 1 atom stereocenters. The standard InChI is InChI=1S/C11H15N3O4/c1-18-6-9(12)11(17)14-8-3-2-7(13-5-8)4-10(15)16/h2-3,5,9H,4,6,12H2,1H3,(H,14,17)(H,15,16). The second-order valence-corrected chi connectivity index (χ2v) is 3.66. The number of nitrogens with two attached hydrogens (primary N) is 1. The van der Waals surface area contributed by atoms with Crippen LogP contribution in [0, 0.1) is 0 Å². The van der Waals surface area contributed by atoms with Gasteiger partial charge < -0.3 is 20.9 Å². The first kappa shape index (κ1) is 14.1. The van der Waals surface area contributed by atoms with Gasteiger partial charge in [-0.3, -0.25) is 14.6 Å². The third-order valence-electron chi connectivity index (χ3n) is 2.11. The zero-order valence-corrected chi connectivity index (χ0v) is 9.92. The normalized spacial score (nSPS) is 11.9. The number of carbonyl (C=O) groups excluding carboxylic acids is 1. The Morgan fingerprint density at radius 2 is 2.28 bits per heavy atom. The molecule has 7 heteroatoms. The number of pyridine rings is 1. The molecule has 0 bridgehead atoms. The van der Waals surface area contributed by atoms with Gasteiger partial charge in [0.2, 0.25) is 5.91 Å². The van der Waals surface area contributed by atoms with Gasteiger partial charge >= 0.3 is 5.97 Å². The van der Waals surface area contributed by atoms with Crippen LogP contribution in [0.25, 0.3) is 0 Å². The lowest BCUT2D eigenvalue weighted by Crippen LogP contribution is -2.39. The first-order valence-corrected chi connectivity index (χ1v) is 5.25. The van der Waals surface area contributed by atoms with Gasteiger partial charge in [0.1, 0.15) is 6.04 Å². The molecule has 0 aromatic carbocycles. The lowest BCUT2D eigenvalue weighted by molar-refractivity contribution is -0.136. The van der Waals surface area contributed by atoms with Crippen LogP contribution in [-0.4, -0.2) is 41.7 Å². The third-order valence-corrected chi connectivity index (χ3v) is 2.11. The molecule has 0 saturated carbocycles. The van der Waals surface area contributed by atoms with Crippen LogP contribution in [0.2, 0.25) is 0 Å². The fourth-order valence-electron chi connectivity index (χ4n) is 1.25. The van der Waals surface area contributed by atoms with E-state index in [1.807, 2.05) is 0 Å². The van der Waals surface area contributed by atoms with Crippen LogP contribution in [-0.2, 0) is 20.7 Å². The van der Waals surface area contributed by atoms with Gasteiger partial charge in [-0.05, 0) is 12.1 Å². The molecular formula is C11H15N3O4. The quantitative estimate of drug-likeness (QED) is 0.636. The largest absolute Gasteiger partial charge is 0.481 e. The van der Waals surface area contributed by atoms with Gasteiger partial charge in [0.05, 0.1) is 30.6 Å². The van der Waals surface area contributed by atoms with E-state index in [0.717, 1.165) is 0 Å². The zero-order valence-electron chi connectivity index (χ0n) is 9.92. The van der Waals surface area contributed by atoms with E-state index in [1.165, 1.54) is 19.4 Å². The van der Waals surface area contributed by atoms with Crippen molar-refractivity contribution in [1.82, 2.24) is 4.98 Å². The highest BCUT2D eigenvalue weighted by Gasteiger charge is 2.13. The number of nitrogens with zero attached hydrogens (tertiary/aromatic N) is 1. The van der Waals surface area contributed by atoms with E-state index in [-0.39, 0.29) is 18.9 Å². The number of rotatable bonds is 6. The minimum Gasteiger partial charge on any atom is -0.481 e. The Kier molecular flexibility index (Phi) is 5.22. The highest BCUT2D eigenvalue weighted by Crippen LogP contribution is 2.07. The van der Waals surface area contributed by atoms with Crippen LogP contribution in [0.3, 0.4) is 0 Å². The summed E-state index contributed by atoms with van der Waals surface area (Å²) in [6.07, 6.45) is 1.23. The molecule has 0 fully saturated rings. The zero-order chi connectivity index (χ0) is 13.5. The maximum atomic E-state index is 11.5. The summed E-state index contributed by atoms with van der Waals surface area (Å²) in [6.45, 7) is 0.121. The van der Waals surface area contributed by atoms with Gasteiger partial charge in [0.15, 0.2) is 0 Å². The summed E-state index contributed by atoms with van der Waals surface area (Å²) in [5.41, 5.74) is 6.41. The molecule has 7 nitrogen and oxygen atoms in total. The van der Waals surface area contributed by atoms with Gasteiger partial charge in [0.25, 0.3) is 0 Å². The highest BCUT2D eigenvalue weighted by molar-refractivity contribution is 5.94. The Morgan fingerprint density at radius 3 is 2.78 bits per heavy atom. The number of aromatic nitrogens is 1. The molecule has 0 radical (unpaired) electrons. The molecule has 0 aliphatic rings. The summed E-state index contributed by atoms with van der Waals surface area (Å²) in [5, 5.41) is 11.1. The first-order chi connectivity index (χ1) is 8.52. The molecule has 0 aliphatic heterocycles. The molecule has 0 saturated heterocycles. The molecular weight excluding hydrogens is 238 g/mol. The van der Waals surface area contributed by atoms with Crippen molar-refractivity contribution < 1.29 is 19.4 Å². The summed E-state index contributed by atoms with van der Waals surface area (Å²) < 4.78 is 4.76. The van der Waals surface area contributed by atoms with E-state index in [9.17, 15) is 9.59 Å². The summed E-state index contributed by atoms with van der Waals surface area (Å²) >= 11 is 0. The van der Waals surface area contributed by atoms with Gasteiger partial charge in [-0.25, -0.2) is 0 Å². The van der Waals surface area contributed by atoms with Crippen molar-refractivity contribution in [3.8, 4) is 0 Å². The summed E-state index contributed by atoms with van der Waals surface area (Å²) in [4.78, 5) is 25.9. The van der Waals surface area contributed by atoms with Crippen molar-refractivity contribution >= 4 is 17.6 Å². The number of carboxylic acids is 1. The lowest BCUT2D eigenvalue weighted by Gasteiger charge is -2.11. The summed E-state index contributed by atoms with van der Waals surface area (Å²) in [6, 6.07) is 2.35. The highest BCUT2D eigenvalue weighted by atomic mass is 16.5. The fourth-order valence-corrected chi connectivity index (χ4v) is 1.25. The van der Waals surface area contributed by atoms with Gasteiger partial charge in [-0.2, -0.15) is 0 Å². The predicted octanol–water partition coefficient (Wildman–Crippen LogP) is -0.379. The molecule has 18 heavy (non-hydrogen) atoms. The van der Waals surface area contributed by atoms with Crippen LogP contribution in [0.4, 0.5) is 5.69 Å². The first-order valence-electron chi connectivity index (χ1n) is 5.25. The van der Waals surface area contributed by atoms with Crippen LogP contribution in [0.5, 0.6) is 0 Å². The smallest absolute Gasteiger partial charge is 0.309 e. The van der Waals surface area contributed by atoms with Crippen LogP contribution >= 0.6 is 0 Å². The number of carboxylic acid groups (broad SMARTS) is 1. The number of hydrogen-bond donors (Lipinski definition) is 3. The number of hydrogen-bond acceptors (Lipinski definition) is 5. The summed E-state index contributed by atoms with van der Waals surface area (Å²) in [5.74, 6) is -1.34. The number of ether oxygens (including phenoxy) is 1. The maximum Gasteiger partial charge on any atom is 0.309 e. The number of anilines is 1. The molecule has 1 aromatic heterocycles. The van der Waals surface area contributed by atoms with Crippen LogP contribution in [0.15, 0.2) is 18.3 Å². The molecule has 4 N–H and O–H groups in total. The summed E-state index contributed by atoms with van der Waals surface area (Å²) in [7, 11) is 1.45. The number of carbonyl (C=O) groups is 2. The van der Waals surface area contributed by atoms with Gasteiger partial charge in [0, 0.05) is 7.11 Å². The molecule has 98 valence electrons. The van der Waals surface area contributed by atoms with Gasteiger partial charge in [-0.15, -0.1) is 0 Å². The third kappa shape index (κ3) is 4.48. The minimum atomic E-state index is -0.957. The second-order valence-electron chi connectivity index (χ2n) is 3.66. The van der Waals surface area contributed by atoms with Crippen molar-refractivity contribution in [3.63, 3.8) is 0 Å². The molecule has 1 heterocycles. The SMILES string of the molecule is COCC(N)C(=O)Nc1ccc(CC(=O)O)nc1. The number of nitrogens with one attached hydrogen (secondary N) is 1. The van der Waals surface area contributed by atoms with E-state index < -0.39 is 12.0 Å². The molecule has 1 aromatic rings. The Morgan fingerprint density at radius 1 is 1.56 bits per heavy atom. The van der Waals surface area contributed by atoms with Crippen LogP contribution in [0.1, 0.15) is 5.69 Å². The Hall–Kier alpha value is -1.99. The van der Waals surface area contributed by atoms with Crippen LogP contribution < -0.4 is 11.1 Å². The number of amides is 1. The molecule has 1 amide bonds. The number of aliphatic carboxylic acids is 1. The fraction of sp³-hybridized carbons (Fsp3) is 0.364. The maximum absolute atomic E-state index is 11.5. The predicted molar refractivity (Wildman–Crippen MR) is 64.1 cm³/mol. The van der Waals surface area contributed by atoms with E-state index in [0.29, 0.717) is 11.4 Å². The molecule has 0 aliphatic carbocycles. The molecule has 1 unspecified atom stereocenters. The van der Waals surface area contributed by atoms with Crippen molar-refractivity contribution in [2.24, 2.45) is 5.73 Å². The molecule has 1 rings (SSSR count). The monoisotopic (exact) mass is 253 g/mol. The average molecular weight is 253 g/mol. The van der Waals surface area contributed by atoms with Gasteiger partial charge in [-0.1, -0.05) is 0 Å². The van der Waals surface area contributed by atoms with E-state index in [1.54, 1.807) is 6.07 Å². The molecule has 0 spiro atoms. The van der Waals surface area contributed by atoms with Crippen molar-refractivity contribution in [2.75, 3.05) is 19.0 Å². The van der Waals surface area contributed by atoms with E-state index >= 15 is 0 Å². The van der Waals surface area contributed by atoms with E-state index in [4.69, 9.17) is 15.6 Å². The Balaban J connectivity index is 2.58. The number of methoxy groups -OCH3 is 1. The Bertz CT molecular complexity index is 419. The van der Waals surface area contributed by atoms with E-state index in [2.05, 4.69) is 10.3 Å². The topological polar surface area (TPSA) is 115 Å². The second kappa shape index (κ2) is 6.67. The minimum absolute atomic E-state index is 0.121. The average Bonchev–Trinajstić information content (AvgIpc) is 2.31. The lowest BCUT2D eigenvalue weighted by atomic mass is 10.2.